The van der Waals surface area contributed by atoms with Gasteiger partial charge in [0.1, 0.15) is 0 Å². The molecule has 0 radical (unpaired) electrons. The number of fused-ring (bicyclic) bond motifs is 1. The van der Waals surface area contributed by atoms with E-state index in [1.807, 2.05) is 37.3 Å². The Kier molecular flexibility index (Phi) is 5.48. The van der Waals surface area contributed by atoms with E-state index >= 15 is 0 Å². The number of nitrogens with one attached hydrogen (secondary N) is 2. The Bertz CT molecular complexity index is 770. The number of aryl methyl sites for hydroxylation is 1. The standard InChI is InChI=1S/C18H20N4OS/c1-13(9-10-14-6-3-2-4-7-14)20-16(23)12-24-18-21-15-8-5-11-19-17(15)22-18/h2-8,11,13H,9-10,12H2,1H3,(H,20,23)(H,19,21,22)/t13-/m0/s1. The molecule has 0 bridgehead atoms. The Morgan fingerprint density at radius 3 is 2.88 bits per heavy atom. The summed E-state index contributed by atoms with van der Waals surface area (Å²) in [5.74, 6) is 0.365. The second-order valence-corrected chi connectivity index (χ2v) is 6.66. The predicted molar refractivity (Wildman–Crippen MR) is 97.0 cm³/mol. The summed E-state index contributed by atoms with van der Waals surface area (Å²) in [4.78, 5) is 23.8. The molecular formula is C18H20N4OS. The fourth-order valence-electron chi connectivity index (χ4n) is 2.44. The van der Waals surface area contributed by atoms with Crippen molar-refractivity contribution in [2.45, 2.75) is 31.0 Å². The Morgan fingerprint density at radius 2 is 2.08 bits per heavy atom. The summed E-state index contributed by atoms with van der Waals surface area (Å²) in [6.45, 7) is 2.04. The zero-order valence-electron chi connectivity index (χ0n) is 13.5. The highest BCUT2D eigenvalue weighted by Crippen LogP contribution is 2.17. The summed E-state index contributed by atoms with van der Waals surface area (Å²) in [6.07, 6.45) is 3.60. The van der Waals surface area contributed by atoms with Crippen molar-refractivity contribution in [1.82, 2.24) is 20.3 Å². The number of pyridine rings is 1. The van der Waals surface area contributed by atoms with Gasteiger partial charge in [-0.15, -0.1) is 0 Å². The Balaban J connectivity index is 1.43. The van der Waals surface area contributed by atoms with E-state index in [0.29, 0.717) is 11.4 Å². The average Bonchev–Trinajstić information content (AvgIpc) is 3.02. The number of imidazole rings is 1. The van der Waals surface area contributed by atoms with Crippen LogP contribution in [0.2, 0.25) is 0 Å². The van der Waals surface area contributed by atoms with Gasteiger partial charge in [0.15, 0.2) is 10.8 Å². The van der Waals surface area contributed by atoms with Crippen LogP contribution in [0.1, 0.15) is 18.9 Å². The van der Waals surface area contributed by atoms with Crippen LogP contribution in [0.5, 0.6) is 0 Å². The molecule has 2 heterocycles. The summed E-state index contributed by atoms with van der Waals surface area (Å²) in [7, 11) is 0. The van der Waals surface area contributed by atoms with Gasteiger partial charge in [-0.2, -0.15) is 0 Å². The fraction of sp³-hybridized carbons (Fsp3) is 0.278. The maximum absolute atomic E-state index is 12.1. The lowest BCUT2D eigenvalue weighted by atomic mass is 10.1. The third-order valence-corrected chi connectivity index (χ3v) is 4.57. The highest BCUT2D eigenvalue weighted by Gasteiger charge is 2.10. The third-order valence-electron chi connectivity index (χ3n) is 3.69. The van der Waals surface area contributed by atoms with Crippen molar-refractivity contribution in [2.75, 3.05) is 5.75 Å². The van der Waals surface area contributed by atoms with Crippen molar-refractivity contribution < 1.29 is 4.79 Å². The van der Waals surface area contributed by atoms with Crippen LogP contribution in [0.25, 0.3) is 11.2 Å². The molecule has 2 N–H and O–H groups in total. The summed E-state index contributed by atoms with van der Waals surface area (Å²) in [6, 6.07) is 14.2. The van der Waals surface area contributed by atoms with Crippen LogP contribution in [0.15, 0.2) is 53.8 Å². The molecule has 5 nitrogen and oxygen atoms in total. The van der Waals surface area contributed by atoms with E-state index in [2.05, 4.69) is 32.4 Å². The number of carbonyl (C=O) groups excluding carboxylic acids is 1. The van der Waals surface area contributed by atoms with Gasteiger partial charge in [-0.05, 0) is 37.5 Å². The molecule has 24 heavy (non-hydrogen) atoms. The Labute approximate surface area is 145 Å². The number of aromatic amines is 1. The zero-order valence-corrected chi connectivity index (χ0v) is 14.3. The van der Waals surface area contributed by atoms with E-state index in [-0.39, 0.29) is 11.9 Å². The molecule has 0 spiro atoms. The van der Waals surface area contributed by atoms with E-state index in [1.165, 1.54) is 17.3 Å². The van der Waals surface area contributed by atoms with Crippen molar-refractivity contribution in [3.05, 3.63) is 54.2 Å². The summed E-state index contributed by atoms with van der Waals surface area (Å²) >= 11 is 1.39. The highest BCUT2D eigenvalue weighted by atomic mass is 32.2. The van der Waals surface area contributed by atoms with Gasteiger partial charge in [0, 0.05) is 12.2 Å². The smallest absolute Gasteiger partial charge is 0.230 e. The van der Waals surface area contributed by atoms with Crippen LogP contribution in [-0.4, -0.2) is 32.7 Å². The minimum absolute atomic E-state index is 0.0222. The van der Waals surface area contributed by atoms with Gasteiger partial charge in [-0.3, -0.25) is 4.79 Å². The Morgan fingerprint density at radius 1 is 1.25 bits per heavy atom. The quantitative estimate of drug-likeness (QED) is 0.648. The number of H-pyrrole nitrogens is 1. The van der Waals surface area contributed by atoms with Crippen LogP contribution in [0, 0.1) is 0 Å². The van der Waals surface area contributed by atoms with Crippen LogP contribution in [0.3, 0.4) is 0 Å². The predicted octanol–water partition coefficient (Wildman–Crippen LogP) is 3.19. The van der Waals surface area contributed by atoms with Gasteiger partial charge in [0.05, 0.1) is 11.3 Å². The van der Waals surface area contributed by atoms with Gasteiger partial charge in [0.2, 0.25) is 5.91 Å². The lowest BCUT2D eigenvalue weighted by Gasteiger charge is -2.13. The third kappa shape index (κ3) is 4.58. The topological polar surface area (TPSA) is 70.7 Å². The van der Waals surface area contributed by atoms with Crippen molar-refractivity contribution in [3.8, 4) is 0 Å². The lowest BCUT2D eigenvalue weighted by molar-refractivity contribution is -0.119. The van der Waals surface area contributed by atoms with Gasteiger partial charge >= 0.3 is 0 Å². The number of amides is 1. The maximum atomic E-state index is 12.1. The van der Waals surface area contributed by atoms with Crippen molar-refractivity contribution in [3.63, 3.8) is 0 Å². The molecule has 0 fully saturated rings. The number of nitrogens with zero attached hydrogens (tertiary/aromatic N) is 2. The second-order valence-electron chi connectivity index (χ2n) is 5.70. The number of hydrogen-bond acceptors (Lipinski definition) is 4. The number of hydrogen-bond donors (Lipinski definition) is 2. The van der Waals surface area contributed by atoms with E-state index in [4.69, 9.17) is 0 Å². The molecule has 0 aliphatic heterocycles. The molecule has 124 valence electrons. The summed E-state index contributed by atoms with van der Waals surface area (Å²) in [5, 5.41) is 3.76. The Hall–Kier alpha value is -2.34. The maximum Gasteiger partial charge on any atom is 0.230 e. The minimum Gasteiger partial charge on any atom is -0.353 e. The molecule has 0 saturated heterocycles. The monoisotopic (exact) mass is 340 g/mol. The molecule has 0 aliphatic carbocycles. The lowest BCUT2D eigenvalue weighted by Crippen LogP contribution is -2.34. The van der Waals surface area contributed by atoms with Crippen LogP contribution in [0.4, 0.5) is 0 Å². The number of aromatic nitrogens is 3. The van der Waals surface area contributed by atoms with Gasteiger partial charge in [-0.1, -0.05) is 42.1 Å². The van der Waals surface area contributed by atoms with E-state index < -0.39 is 0 Å². The molecule has 1 amide bonds. The van der Waals surface area contributed by atoms with E-state index in [9.17, 15) is 4.79 Å². The normalized spacial score (nSPS) is 12.2. The van der Waals surface area contributed by atoms with Gasteiger partial charge in [-0.25, -0.2) is 9.97 Å². The molecular weight excluding hydrogens is 320 g/mol. The van der Waals surface area contributed by atoms with Crippen molar-refractivity contribution in [2.24, 2.45) is 0 Å². The summed E-state index contributed by atoms with van der Waals surface area (Å²) in [5.41, 5.74) is 2.86. The second kappa shape index (κ2) is 7.97. The first-order valence-corrected chi connectivity index (χ1v) is 8.96. The number of benzene rings is 1. The van der Waals surface area contributed by atoms with E-state index in [0.717, 1.165) is 23.5 Å². The highest BCUT2D eigenvalue weighted by molar-refractivity contribution is 7.99. The molecule has 3 rings (SSSR count). The number of rotatable bonds is 7. The molecule has 0 unspecified atom stereocenters. The first kappa shape index (κ1) is 16.5. The van der Waals surface area contributed by atoms with Crippen LogP contribution >= 0.6 is 11.8 Å². The summed E-state index contributed by atoms with van der Waals surface area (Å²) < 4.78 is 0. The van der Waals surface area contributed by atoms with Gasteiger partial charge < -0.3 is 10.3 Å². The average molecular weight is 340 g/mol. The SMILES string of the molecule is C[C@@H](CCc1ccccc1)NC(=O)CSc1nc2ncccc2[nH]1. The first-order valence-electron chi connectivity index (χ1n) is 7.97. The number of carbonyl (C=O) groups is 1. The molecule has 3 aromatic rings. The van der Waals surface area contributed by atoms with Gasteiger partial charge in [0.25, 0.3) is 0 Å². The van der Waals surface area contributed by atoms with Crippen molar-refractivity contribution in [1.29, 1.82) is 0 Å². The zero-order chi connectivity index (χ0) is 16.8. The van der Waals surface area contributed by atoms with Crippen molar-refractivity contribution >= 4 is 28.8 Å². The largest absolute Gasteiger partial charge is 0.353 e. The van der Waals surface area contributed by atoms with E-state index in [1.54, 1.807) is 6.20 Å². The van der Waals surface area contributed by atoms with Crippen LogP contribution in [-0.2, 0) is 11.2 Å². The molecule has 0 saturated carbocycles. The molecule has 2 aromatic heterocycles. The fourth-order valence-corrected chi connectivity index (χ4v) is 3.13. The molecule has 1 aromatic carbocycles. The molecule has 1 atom stereocenters. The van der Waals surface area contributed by atoms with Crippen LogP contribution < -0.4 is 5.32 Å². The minimum atomic E-state index is 0.0222. The number of thioether (sulfide) groups is 1. The molecule has 0 aliphatic rings. The first-order chi connectivity index (χ1) is 11.7. The molecule has 6 heteroatoms.